The summed E-state index contributed by atoms with van der Waals surface area (Å²) in [5.74, 6) is 0.0350. The second-order valence-corrected chi connectivity index (χ2v) is 12.7. The monoisotopic (exact) mass is 666 g/mol. The van der Waals surface area contributed by atoms with E-state index < -0.39 is 5.97 Å². The van der Waals surface area contributed by atoms with Gasteiger partial charge < -0.3 is 30.3 Å². The molecule has 0 unspecified atom stereocenters. The van der Waals surface area contributed by atoms with Gasteiger partial charge in [0.1, 0.15) is 11.6 Å². The summed E-state index contributed by atoms with van der Waals surface area (Å²) < 4.78 is 4.88. The third-order valence-corrected chi connectivity index (χ3v) is 9.47. The maximum Gasteiger partial charge on any atom is 0.330 e. The minimum atomic E-state index is -0.988. The molecule has 47 heavy (non-hydrogen) atoms. The average Bonchev–Trinajstić information content (AvgIpc) is 3.03. The first kappa shape index (κ1) is 35.7. The van der Waals surface area contributed by atoms with Gasteiger partial charge in [0.25, 0.3) is 0 Å². The van der Waals surface area contributed by atoms with E-state index in [-0.39, 0.29) is 41.0 Å². The van der Waals surface area contributed by atoms with Crippen LogP contribution in [0.15, 0.2) is 36.7 Å². The zero-order chi connectivity index (χ0) is 32.9. The summed E-state index contributed by atoms with van der Waals surface area (Å²) in [6, 6.07) is 3.92. The number of carbonyl (C=O) groups is 4. The maximum atomic E-state index is 12.6. The van der Waals surface area contributed by atoms with E-state index in [1.54, 1.807) is 25.4 Å². The summed E-state index contributed by atoms with van der Waals surface area (Å²) >= 11 is 0. The van der Waals surface area contributed by atoms with Crippen molar-refractivity contribution in [3.63, 3.8) is 0 Å². The Labute approximate surface area is 281 Å². The van der Waals surface area contributed by atoms with Crippen LogP contribution in [0.4, 0.5) is 11.6 Å². The molecular weight excluding hydrogens is 624 g/mol. The zero-order valence-electron chi connectivity index (χ0n) is 27.1. The number of aromatic nitrogens is 2. The Morgan fingerprint density at radius 1 is 0.830 bits per heavy atom. The molecular formula is C34H43ClN6O6. The molecule has 3 N–H and O–H groups in total. The van der Waals surface area contributed by atoms with Crippen LogP contribution in [0.2, 0.25) is 0 Å². The molecule has 0 aliphatic carbocycles. The van der Waals surface area contributed by atoms with Gasteiger partial charge in [-0.05, 0) is 132 Å². The van der Waals surface area contributed by atoms with E-state index in [1.807, 2.05) is 12.1 Å². The molecule has 2 spiro atoms. The SMILES string of the molecule is CCOC(=O)/C=C/c1cnc2c(c1)CC1(CCN(C)CC1)C(=O)N2.CN1CCC2(CC1)Cc1cc(/C=C/C(=O)O)cnc1NC2=O.Cl. The molecule has 0 aromatic carbocycles. The summed E-state index contributed by atoms with van der Waals surface area (Å²) in [6.07, 6.45) is 13.7. The van der Waals surface area contributed by atoms with Crippen molar-refractivity contribution in [3.8, 4) is 0 Å². The quantitative estimate of drug-likeness (QED) is 0.318. The van der Waals surface area contributed by atoms with Crippen LogP contribution < -0.4 is 10.6 Å². The molecule has 2 aromatic heterocycles. The molecule has 2 saturated heterocycles. The van der Waals surface area contributed by atoms with Gasteiger partial charge in [-0.25, -0.2) is 19.6 Å². The Morgan fingerprint density at radius 2 is 1.26 bits per heavy atom. The fourth-order valence-electron chi connectivity index (χ4n) is 6.53. The van der Waals surface area contributed by atoms with E-state index in [0.717, 1.165) is 80.2 Å². The molecule has 2 aromatic rings. The second kappa shape index (κ2) is 15.2. The number of carbonyl (C=O) groups excluding carboxylic acids is 3. The number of esters is 1. The fraction of sp³-hybridized carbons (Fsp3) is 0.471. The number of halogens is 1. The van der Waals surface area contributed by atoms with Gasteiger partial charge in [0.15, 0.2) is 0 Å². The first-order valence-electron chi connectivity index (χ1n) is 15.7. The van der Waals surface area contributed by atoms with Crippen molar-refractivity contribution >= 4 is 59.9 Å². The number of likely N-dealkylation sites (tertiary alicyclic amines) is 2. The van der Waals surface area contributed by atoms with Crippen molar-refractivity contribution in [2.75, 3.05) is 57.5 Å². The van der Waals surface area contributed by atoms with Crippen molar-refractivity contribution in [1.29, 1.82) is 0 Å². The Hall–Kier alpha value is -4.13. The van der Waals surface area contributed by atoms with E-state index in [4.69, 9.17) is 9.84 Å². The lowest BCUT2D eigenvalue weighted by Crippen LogP contribution is -2.49. The van der Waals surface area contributed by atoms with E-state index >= 15 is 0 Å². The summed E-state index contributed by atoms with van der Waals surface area (Å²) in [5, 5.41) is 14.6. The van der Waals surface area contributed by atoms with E-state index in [0.29, 0.717) is 31.1 Å². The highest BCUT2D eigenvalue weighted by molar-refractivity contribution is 5.98. The van der Waals surface area contributed by atoms with Gasteiger partial charge in [-0.3, -0.25) is 9.59 Å². The number of ether oxygens (including phenoxy) is 1. The molecule has 2 fully saturated rings. The molecule has 4 aliphatic rings. The number of hydrogen-bond acceptors (Lipinski definition) is 9. The summed E-state index contributed by atoms with van der Waals surface area (Å²) in [7, 11) is 4.15. The van der Waals surface area contributed by atoms with E-state index in [9.17, 15) is 19.2 Å². The van der Waals surface area contributed by atoms with Gasteiger partial charge in [-0.2, -0.15) is 0 Å². The summed E-state index contributed by atoms with van der Waals surface area (Å²) in [4.78, 5) is 60.2. The number of rotatable bonds is 5. The summed E-state index contributed by atoms with van der Waals surface area (Å²) in [5.41, 5.74) is 2.91. The minimum absolute atomic E-state index is 0. The fourth-order valence-corrected chi connectivity index (χ4v) is 6.53. The van der Waals surface area contributed by atoms with Crippen LogP contribution >= 0.6 is 12.4 Å². The summed E-state index contributed by atoms with van der Waals surface area (Å²) in [6.45, 7) is 5.81. The van der Waals surface area contributed by atoms with Gasteiger partial charge in [0, 0.05) is 24.5 Å². The maximum absolute atomic E-state index is 12.6. The number of nitrogens with one attached hydrogen (secondary N) is 2. The number of pyridine rings is 2. The first-order valence-corrected chi connectivity index (χ1v) is 15.7. The molecule has 0 atom stereocenters. The van der Waals surface area contributed by atoms with Crippen LogP contribution in [0, 0.1) is 10.8 Å². The van der Waals surface area contributed by atoms with Gasteiger partial charge in [0.05, 0.1) is 17.4 Å². The number of carboxylic acids is 1. The van der Waals surface area contributed by atoms with Gasteiger partial charge in [-0.15, -0.1) is 12.4 Å². The zero-order valence-corrected chi connectivity index (χ0v) is 27.9. The molecule has 6 heterocycles. The lowest BCUT2D eigenvalue weighted by molar-refractivity contribution is -0.137. The van der Waals surface area contributed by atoms with Crippen molar-refractivity contribution in [3.05, 3.63) is 58.9 Å². The Kier molecular flexibility index (Phi) is 11.5. The van der Waals surface area contributed by atoms with Gasteiger partial charge in [0.2, 0.25) is 11.8 Å². The van der Waals surface area contributed by atoms with Crippen LogP contribution in [0.5, 0.6) is 0 Å². The number of carboxylic acid groups (broad SMARTS) is 1. The minimum Gasteiger partial charge on any atom is -0.478 e. The smallest absolute Gasteiger partial charge is 0.330 e. The number of aliphatic carboxylic acids is 1. The lowest BCUT2D eigenvalue weighted by Gasteiger charge is -2.42. The van der Waals surface area contributed by atoms with Crippen molar-refractivity contribution in [1.82, 2.24) is 19.8 Å². The molecule has 0 saturated carbocycles. The predicted octanol–water partition coefficient (Wildman–Crippen LogP) is 3.67. The number of piperidine rings is 2. The molecule has 4 aliphatic heterocycles. The molecule has 12 nitrogen and oxygen atoms in total. The third kappa shape index (κ3) is 8.43. The molecule has 0 bridgehead atoms. The first-order chi connectivity index (χ1) is 22.0. The largest absolute Gasteiger partial charge is 0.478 e. The highest BCUT2D eigenvalue weighted by atomic mass is 35.5. The third-order valence-electron chi connectivity index (χ3n) is 9.47. The molecule has 0 radical (unpaired) electrons. The van der Waals surface area contributed by atoms with Crippen LogP contribution in [0.25, 0.3) is 12.2 Å². The Bertz CT molecular complexity index is 1560. The van der Waals surface area contributed by atoms with Gasteiger partial charge in [-0.1, -0.05) is 0 Å². The van der Waals surface area contributed by atoms with E-state index in [2.05, 4.69) is 44.5 Å². The topological polar surface area (TPSA) is 154 Å². The van der Waals surface area contributed by atoms with E-state index in [1.165, 1.54) is 12.2 Å². The highest BCUT2D eigenvalue weighted by Gasteiger charge is 2.45. The van der Waals surface area contributed by atoms with Crippen molar-refractivity contribution < 1.29 is 29.0 Å². The number of nitrogens with zero attached hydrogens (tertiary/aromatic N) is 4. The molecule has 2 amide bonds. The number of anilines is 2. The Balaban J connectivity index is 0.000000209. The van der Waals surface area contributed by atoms with Gasteiger partial charge >= 0.3 is 11.9 Å². The normalized spacial score (nSPS) is 20.0. The molecule has 252 valence electrons. The predicted molar refractivity (Wildman–Crippen MR) is 181 cm³/mol. The highest BCUT2D eigenvalue weighted by Crippen LogP contribution is 2.42. The number of fused-ring (bicyclic) bond motifs is 2. The number of amides is 2. The standard InChI is InChI=1S/C18H23N3O3.C16H19N3O3.ClH/c1-3-24-15(22)5-4-13-10-14-11-18(6-8-21(2)9-7-18)17(23)20-16(14)19-12-13;1-19-6-4-16(5-7-19)9-12-8-11(2-3-13(20)21)10-17-14(12)18-15(16)22;/h4-5,10,12H,3,6-9,11H2,1-2H3,(H,19,20,23);2-3,8,10H,4-7,9H2,1H3,(H,20,21)(H,17,18,22);1H/b5-4+;3-2+;. The van der Waals surface area contributed by atoms with Crippen molar-refractivity contribution in [2.24, 2.45) is 10.8 Å². The lowest BCUT2D eigenvalue weighted by atomic mass is 9.71. The number of hydrogen-bond donors (Lipinski definition) is 3. The van der Waals surface area contributed by atoms with Crippen LogP contribution in [-0.2, 0) is 36.8 Å². The Morgan fingerprint density at radius 3 is 1.66 bits per heavy atom. The van der Waals surface area contributed by atoms with Crippen LogP contribution in [0.3, 0.4) is 0 Å². The molecule has 13 heteroatoms. The second-order valence-electron chi connectivity index (χ2n) is 12.7. The van der Waals surface area contributed by atoms with Crippen LogP contribution in [0.1, 0.15) is 54.9 Å². The average molecular weight is 667 g/mol. The van der Waals surface area contributed by atoms with Crippen molar-refractivity contribution in [2.45, 2.75) is 45.4 Å². The molecule has 6 rings (SSSR count). The van der Waals surface area contributed by atoms with Crippen LogP contribution in [-0.4, -0.2) is 95.5 Å².